The molecule has 0 amide bonds. The number of nitrogens with zero attached hydrogens (tertiary/aromatic N) is 2. The van der Waals surface area contributed by atoms with Crippen molar-refractivity contribution < 1.29 is 4.42 Å². The lowest BCUT2D eigenvalue weighted by atomic mass is 9.88. The molecule has 0 N–H and O–H groups in total. The van der Waals surface area contributed by atoms with E-state index in [1.165, 1.54) is 38.3 Å². The summed E-state index contributed by atoms with van der Waals surface area (Å²) in [4.78, 5) is 5.28. The van der Waals surface area contributed by atoms with Gasteiger partial charge in [0.1, 0.15) is 11.2 Å². The van der Waals surface area contributed by atoms with Gasteiger partial charge < -0.3 is 8.98 Å². The van der Waals surface area contributed by atoms with Crippen LogP contribution in [-0.2, 0) is 0 Å². The first-order chi connectivity index (χ1) is 28.8. The van der Waals surface area contributed by atoms with E-state index >= 15 is 0 Å². The largest absolute Gasteiger partial charge is 0.456 e. The topological polar surface area (TPSA) is 31.0 Å². The molecule has 0 radical (unpaired) electrons. The van der Waals surface area contributed by atoms with Gasteiger partial charge in [0.2, 0.25) is 0 Å². The number of para-hydroxylation sites is 4. The van der Waals surface area contributed by atoms with E-state index in [2.05, 4.69) is 205 Å². The van der Waals surface area contributed by atoms with Crippen LogP contribution in [0.4, 0.5) is 0 Å². The maximum absolute atomic E-state index is 6.66. The van der Waals surface area contributed by atoms with Gasteiger partial charge in [0, 0.05) is 54.5 Å². The van der Waals surface area contributed by atoms with Crippen molar-refractivity contribution in [2.24, 2.45) is 0 Å². The molecule has 0 unspecified atom stereocenters. The van der Waals surface area contributed by atoms with E-state index in [4.69, 9.17) is 9.40 Å². The van der Waals surface area contributed by atoms with E-state index in [1.807, 2.05) is 6.07 Å². The predicted octanol–water partition coefficient (Wildman–Crippen LogP) is 15.1. The monoisotopic (exact) mass is 738 g/mol. The summed E-state index contributed by atoms with van der Waals surface area (Å²) in [7, 11) is 0. The summed E-state index contributed by atoms with van der Waals surface area (Å²) in [5.74, 6) is 0. The summed E-state index contributed by atoms with van der Waals surface area (Å²) >= 11 is 0. The van der Waals surface area contributed by atoms with Crippen LogP contribution in [0, 0.1) is 0 Å². The van der Waals surface area contributed by atoms with Crippen LogP contribution in [0.1, 0.15) is 0 Å². The molecule has 0 atom stereocenters. The molecular weight excluding hydrogens is 705 g/mol. The highest BCUT2D eigenvalue weighted by Gasteiger charge is 2.22. The summed E-state index contributed by atoms with van der Waals surface area (Å²) in [6.45, 7) is 0. The molecule has 0 aliphatic rings. The Labute approximate surface area is 334 Å². The molecule has 0 aliphatic carbocycles. The molecule has 3 aromatic heterocycles. The van der Waals surface area contributed by atoms with Crippen molar-refractivity contribution in [2.45, 2.75) is 0 Å². The van der Waals surface area contributed by atoms with E-state index in [9.17, 15) is 0 Å². The number of hydrogen-bond donors (Lipinski definition) is 0. The van der Waals surface area contributed by atoms with Crippen molar-refractivity contribution in [1.29, 1.82) is 0 Å². The number of fused-ring (bicyclic) bond motifs is 9. The smallest absolute Gasteiger partial charge is 0.136 e. The number of pyridine rings is 1. The molecule has 0 aliphatic heterocycles. The fraction of sp³-hybridized carbons (Fsp3) is 0. The van der Waals surface area contributed by atoms with Gasteiger partial charge in [-0.25, -0.2) is 4.98 Å². The fourth-order valence-corrected chi connectivity index (χ4v) is 9.16. The van der Waals surface area contributed by atoms with Crippen LogP contribution >= 0.6 is 0 Å². The van der Waals surface area contributed by atoms with Gasteiger partial charge >= 0.3 is 0 Å². The van der Waals surface area contributed by atoms with Gasteiger partial charge in [-0.3, -0.25) is 0 Å². The molecular formula is C55H34N2O. The number of furan rings is 1. The summed E-state index contributed by atoms with van der Waals surface area (Å²) in [6.07, 6.45) is 0. The van der Waals surface area contributed by atoms with Gasteiger partial charge in [-0.2, -0.15) is 0 Å². The summed E-state index contributed by atoms with van der Waals surface area (Å²) < 4.78 is 9.03. The summed E-state index contributed by atoms with van der Waals surface area (Å²) in [5.41, 5.74) is 15.3. The number of aromatic nitrogens is 2. The molecule has 0 saturated heterocycles. The van der Waals surface area contributed by atoms with Crippen molar-refractivity contribution in [2.75, 3.05) is 0 Å². The van der Waals surface area contributed by atoms with Gasteiger partial charge in [-0.05, 0) is 88.5 Å². The molecule has 3 heterocycles. The first kappa shape index (κ1) is 32.5. The molecule has 3 nitrogen and oxygen atoms in total. The normalized spacial score (nSPS) is 11.8. The first-order valence-electron chi connectivity index (χ1n) is 19.8. The molecule has 12 aromatic rings. The third kappa shape index (κ3) is 5.04. The van der Waals surface area contributed by atoms with Crippen LogP contribution in [-0.4, -0.2) is 9.55 Å². The van der Waals surface area contributed by atoms with Crippen LogP contribution < -0.4 is 0 Å². The minimum absolute atomic E-state index is 0.856. The van der Waals surface area contributed by atoms with Crippen molar-refractivity contribution in [3.05, 3.63) is 206 Å². The Bertz CT molecular complexity index is 3560. The molecule has 0 spiro atoms. The van der Waals surface area contributed by atoms with E-state index in [1.54, 1.807) is 0 Å². The van der Waals surface area contributed by atoms with Gasteiger partial charge in [0.15, 0.2) is 0 Å². The van der Waals surface area contributed by atoms with E-state index in [0.717, 1.165) is 77.4 Å². The molecule has 270 valence electrons. The average molecular weight is 739 g/mol. The highest BCUT2D eigenvalue weighted by molar-refractivity contribution is 6.28. The lowest BCUT2D eigenvalue weighted by Crippen LogP contribution is -1.93. The lowest BCUT2D eigenvalue weighted by Gasteiger charge is -2.16. The number of hydrogen-bond acceptors (Lipinski definition) is 2. The van der Waals surface area contributed by atoms with Gasteiger partial charge in [0.25, 0.3) is 0 Å². The Balaban J connectivity index is 1.06. The molecule has 0 fully saturated rings. The Morgan fingerprint density at radius 3 is 1.72 bits per heavy atom. The third-order valence-electron chi connectivity index (χ3n) is 11.7. The SMILES string of the molecule is c1ccc(-c2nc3ccccc3c3c(-c4cccc(-c5cccc(-c6ccc7c(c6)c6ccccc6n7-c6ccccc6)c5)c4)c4c(cc23)oc2ccccc24)cc1. The molecule has 9 aromatic carbocycles. The lowest BCUT2D eigenvalue weighted by molar-refractivity contribution is 0.669. The Morgan fingerprint density at radius 2 is 0.931 bits per heavy atom. The van der Waals surface area contributed by atoms with Crippen LogP contribution in [0.25, 0.3) is 116 Å². The Hall–Kier alpha value is -7.75. The average Bonchev–Trinajstić information content (AvgIpc) is 3.84. The third-order valence-corrected chi connectivity index (χ3v) is 11.7. The molecule has 58 heavy (non-hydrogen) atoms. The molecule has 3 heteroatoms. The molecule has 0 saturated carbocycles. The zero-order valence-corrected chi connectivity index (χ0v) is 31.4. The Morgan fingerprint density at radius 1 is 0.345 bits per heavy atom. The van der Waals surface area contributed by atoms with Crippen LogP contribution in [0.15, 0.2) is 211 Å². The van der Waals surface area contributed by atoms with Crippen molar-refractivity contribution >= 4 is 65.4 Å². The standard InChI is InChI=1S/C55H34N2O/c1-3-15-35(16-4-1)55-46-34-51-54(44-25-9-12-28-50(44)58-51)52(53(46)43-24-7-10-26-47(43)56-55)40-20-14-19-38(32-40)36-17-13-18-37(31-36)39-29-30-49-45(33-39)42-23-8-11-27-48(42)57(49)41-21-5-2-6-22-41/h1-34H. The highest BCUT2D eigenvalue weighted by atomic mass is 16.3. The second-order valence-corrected chi connectivity index (χ2v) is 15.1. The second-order valence-electron chi connectivity index (χ2n) is 15.1. The minimum atomic E-state index is 0.856. The zero-order valence-electron chi connectivity index (χ0n) is 31.4. The van der Waals surface area contributed by atoms with E-state index in [0.29, 0.717) is 0 Å². The summed E-state index contributed by atoms with van der Waals surface area (Å²) in [6, 6.07) is 73.8. The van der Waals surface area contributed by atoms with Crippen LogP contribution in [0.2, 0.25) is 0 Å². The van der Waals surface area contributed by atoms with Crippen molar-refractivity contribution in [1.82, 2.24) is 9.55 Å². The quantitative estimate of drug-likeness (QED) is 0.165. The summed E-state index contributed by atoms with van der Waals surface area (Å²) in [5, 5.41) is 8.09. The van der Waals surface area contributed by atoms with Crippen LogP contribution in [0.3, 0.4) is 0 Å². The number of rotatable bonds is 5. The van der Waals surface area contributed by atoms with E-state index < -0.39 is 0 Å². The van der Waals surface area contributed by atoms with Crippen molar-refractivity contribution in [3.63, 3.8) is 0 Å². The first-order valence-corrected chi connectivity index (χ1v) is 19.8. The minimum Gasteiger partial charge on any atom is -0.456 e. The van der Waals surface area contributed by atoms with Gasteiger partial charge in [-0.15, -0.1) is 0 Å². The highest BCUT2D eigenvalue weighted by Crippen LogP contribution is 2.47. The number of benzene rings is 9. The zero-order chi connectivity index (χ0) is 38.2. The predicted molar refractivity (Wildman–Crippen MR) is 243 cm³/mol. The maximum Gasteiger partial charge on any atom is 0.136 e. The Kier molecular flexibility index (Phi) is 7.23. The van der Waals surface area contributed by atoms with Gasteiger partial charge in [-0.1, -0.05) is 146 Å². The van der Waals surface area contributed by atoms with Gasteiger partial charge in [0.05, 0.1) is 22.2 Å². The van der Waals surface area contributed by atoms with E-state index in [-0.39, 0.29) is 0 Å². The maximum atomic E-state index is 6.66. The molecule has 0 bridgehead atoms. The second kappa shape index (κ2) is 12.9. The van der Waals surface area contributed by atoms with Crippen LogP contribution in [0.5, 0.6) is 0 Å². The fourth-order valence-electron chi connectivity index (χ4n) is 9.16. The van der Waals surface area contributed by atoms with Crippen molar-refractivity contribution in [3.8, 4) is 50.3 Å². The molecule has 12 rings (SSSR count).